The molecule has 1 aromatic heterocycles. The summed E-state index contributed by atoms with van der Waals surface area (Å²) in [7, 11) is -3.91. The SMILES string of the molecule is NS(=O)(=O)c1ccc(-n2[nH]c(C(F)(F)F)cc2=O)cc1. The molecule has 20 heavy (non-hydrogen) atoms. The van der Waals surface area contributed by atoms with Gasteiger partial charge in [0.15, 0.2) is 0 Å². The van der Waals surface area contributed by atoms with Crippen molar-refractivity contribution in [1.82, 2.24) is 9.78 Å². The number of hydrogen-bond donors (Lipinski definition) is 2. The molecule has 1 heterocycles. The highest BCUT2D eigenvalue weighted by molar-refractivity contribution is 7.89. The van der Waals surface area contributed by atoms with Crippen LogP contribution in [0.5, 0.6) is 0 Å². The van der Waals surface area contributed by atoms with E-state index in [9.17, 15) is 26.4 Å². The fourth-order valence-electron chi connectivity index (χ4n) is 1.52. The Bertz CT molecular complexity index is 788. The predicted octanol–water partition coefficient (Wildman–Crippen LogP) is 0.832. The van der Waals surface area contributed by atoms with Crippen LogP contribution in [0.1, 0.15) is 5.69 Å². The van der Waals surface area contributed by atoms with Crippen LogP contribution in [0.3, 0.4) is 0 Å². The van der Waals surface area contributed by atoms with Crippen LogP contribution in [-0.2, 0) is 16.2 Å². The van der Waals surface area contributed by atoms with E-state index in [1.165, 1.54) is 0 Å². The first kappa shape index (κ1) is 14.3. The smallest absolute Gasteiger partial charge is 0.286 e. The summed E-state index contributed by atoms with van der Waals surface area (Å²) in [6.45, 7) is 0. The Kier molecular flexibility index (Phi) is 3.22. The Morgan fingerprint density at radius 3 is 2.10 bits per heavy atom. The van der Waals surface area contributed by atoms with Crippen LogP contribution >= 0.6 is 0 Å². The van der Waals surface area contributed by atoms with Crippen molar-refractivity contribution in [3.63, 3.8) is 0 Å². The van der Waals surface area contributed by atoms with Crippen molar-refractivity contribution in [1.29, 1.82) is 0 Å². The molecule has 2 rings (SSSR count). The van der Waals surface area contributed by atoms with Crippen LogP contribution in [0.25, 0.3) is 5.69 Å². The van der Waals surface area contributed by atoms with Crippen molar-refractivity contribution in [2.45, 2.75) is 11.1 Å². The summed E-state index contributed by atoms with van der Waals surface area (Å²) >= 11 is 0. The second kappa shape index (κ2) is 4.49. The number of primary sulfonamides is 1. The molecule has 0 atom stereocenters. The van der Waals surface area contributed by atoms with Gasteiger partial charge in [-0.2, -0.15) is 13.2 Å². The Morgan fingerprint density at radius 2 is 1.70 bits per heavy atom. The van der Waals surface area contributed by atoms with E-state index in [0.29, 0.717) is 10.7 Å². The van der Waals surface area contributed by atoms with Crippen molar-refractivity contribution in [3.8, 4) is 5.69 Å². The van der Waals surface area contributed by atoms with E-state index in [2.05, 4.69) is 0 Å². The van der Waals surface area contributed by atoms with Crippen molar-refractivity contribution in [3.05, 3.63) is 46.4 Å². The quantitative estimate of drug-likeness (QED) is 0.860. The van der Waals surface area contributed by atoms with E-state index in [0.717, 1.165) is 24.3 Å². The minimum absolute atomic E-state index is 0.0536. The van der Waals surface area contributed by atoms with Gasteiger partial charge in [-0.05, 0) is 24.3 Å². The fraction of sp³-hybridized carbons (Fsp3) is 0.100. The van der Waals surface area contributed by atoms with Crippen LogP contribution < -0.4 is 10.7 Å². The Morgan fingerprint density at radius 1 is 1.15 bits per heavy atom. The molecule has 0 radical (unpaired) electrons. The third-order valence-electron chi connectivity index (χ3n) is 2.45. The van der Waals surface area contributed by atoms with Crippen LogP contribution in [0, 0.1) is 0 Å². The lowest BCUT2D eigenvalue weighted by Gasteiger charge is -2.05. The first-order valence-corrected chi connectivity index (χ1v) is 6.66. The van der Waals surface area contributed by atoms with Crippen LogP contribution in [0.4, 0.5) is 13.2 Å². The number of benzene rings is 1. The number of nitrogens with one attached hydrogen (secondary N) is 1. The average Bonchev–Trinajstić information content (AvgIpc) is 2.70. The van der Waals surface area contributed by atoms with Gasteiger partial charge in [0, 0.05) is 6.07 Å². The number of nitrogens with two attached hydrogens (primary N) is 1. The number of aromatic amines is 1. The summed E-state index contributed by atoms with van der Waals surface area (Å²) in [4.78, 5) is 11.2. The third kappa shape index (κ3) is 2.75. The molecule has 0 fully saturated rings. The van der Waals surface area contributed by atoms with Gasteiger partial charge in [-0.15, -0.1) is 0 Å². The molecule has 2 aromatic rings. The zero-order chi connectivity index (χ0) is 15.1. The minimum Gasteiger partial charge on any atom is -0.286 e. The highest BCUT2D eigenvalue weighted by Crippen LogP contribution is 2.26. The van der Waals surface area contributed by atoms with Gasteiger partial charge >= 0.3 is 6.18 Å². The fourth-order valence-corrected chi connectivity index (χ4v) is 2.03. The summed E-state index contributed by atoms with van der Waals surface area (Å²) < 4.78 is 60.0. The maximum Gasteiger partial charge on any atom is 0.432 e. The molecule has 0 spiro atoms. The number of rotatable bonds is 2. The molecule has 3 N–H and O–H groups in total. The van der Waals surface area contributed by atoms with E-state index in [1.54, 1.807) is 0 Å². The molecule has 0 unspecified atom stereocenters. The van der Waals surface area contributed by atoms with E-state index < -0.39 is 27.5 Å². The maximum absolute atomic E-state index is 12.4. The third-order valence-corrected chi connectivity index (χ3v) is 3.38. The van der Waals surface area contributed by atoms with Gasteiger partial charge in [0.1, 0.15) is 5.69 Å². The summed E-state index contributed by atoms with van der Waals surface area (Å²) in [6.07, 6.45) is -4.68. The number of sulfonamides is 1. The van der Waals surface area contributed by atoms with Gasteiger partial charge in [-0.1, -0.05) is 0 Å². The zero-order valence-electron chi connectivity index (χ0n) is 9.68. The van der Waals surface area contributed by atoms with E-state index in [4.69, 9.17) is 5.14 Å². The van der Waals surface area contributed by atoms with Crippen molar-refractivity contribution in [2.24, 2.45) is 5.14 Å². The molecular weight excluding hydrogens is 299 g/mol. The molecule has 0 bridgehead atoms. The monoisotopic (exact) mass is 307 g/mol. The largest absolute Gasteiger partial charge is 0.432 e. The average molecular weight is 307 g/mol. The molecule has 0 aliphatic carbocycles. The van der Waals surface area contributed by atoms with E-state index >= 15 is 0 Å². The molecule has 6 nitrogen and oxygen atoms in total. The molecular formula is C10H8F3N3O3S. The highest BCUT2D eigenvalue weighted by atomic mass is 32.2. The number of hydrogen-bond acceptors (Lipinski definition) is 3. The molecule has 0 aliphatic heterocycles. The summed E-state index contributed by atoms with van der Waals surface area (Å²) in [5.74, 6) is 0. The van der Waals surface area contributed by atoms with Crippen molar-refractivity contribution < 1.29 is 21.6 Å². The standard InChI is InChI=1S/C10H8F3N3O3S/c11-10(12,13)8-5-9(17)16(15-8)6-1-3-7(4-2-6)20(14,18)19/h1-5,15H,(H2,14,18,19). The Labute approximate surface area is 110 Å². The highest BCUT2D eigenvalue weighted by Gasteiger charge is 2.33. The van der Waals surface area contributed by atoms with Gasteiger partial charge in [0.05, 0.1) is 10.6 Å². The Hall–Kier alpha value is -2.07. The first-order valence-electron chi connectivity index (χ1n) is 5.11. The molecule has 1 aromatic carbocycles. The first-order chi connectivity index (χ1) is 9.09. The molecule has 0 amide bonds. The summed E-state index contributed by atoms with van der Waals surface area (Å²) in [5, 5.41) is 6.78. The van der Waals surface area contributed by atoms with Crippen LogP contribution in [0.15, 0.2) is 40.0 Å². The minimum atomic E-state index is -4.68. The van der Waals surface area contributed by atoms with Gasteiger partial charge in [0.25, 0.3) is 5.56 Å². The second-order valence-corrected chi connectivity index (χ2v) is 5.44. The van der Waals surface area contributed by atoms with E-state index in [1.807, 2.05) is 5.10 Å². The van der Waals surface area contributed by atoms with Gasteiger partial charge < -0.3 is 0 Å². The lowest BCUT2D eigenvalue weighted by atomic mass is 10.3. The molecule has 10 heteroatoms. The normalized spacial score (nSPS) is 12.6. The number of aromatic nitrogens is 2. The molecule has 0 aliphatic rings. The molecule has 0 saturated carbocycles. The predicted molar refractivity (Wildman–Crippen MR) is 62.8 cm³/mol. The topological polar surface area (TPSA) is 97.9 Å². The van der Waals surface area contributed by atoms with E-state index in [-0.39, 0.29) is 10.6 Å². The zero-order valence-corrected chi connectivity index (χ0v) is 10.5. The summed E-state index contributed by atoms with van der Waals surface area (Å²) in [6, 6.07) is 4.92. The van der Waals surface area contributed by atoms with Crippen molar-refractivity contribution >= 4 is 10.0 Å². The number of alkyl halides is 3. The van der Waals surface area contributed by atoms with Crippen LogP contribution in [0.2, 0.25) is 0 Å². The summed E-state index contributed by atoms with van der Waals surface area (Å²) in [5.41, 5.74) is -2.06. The molecule has 108 valence electrons. The second-order valence-electron chi connectivity index (χ2n) is 3.88. The molecule has 0 saturated heterocycles. The lowest BCUT2D eigenvalue weighted by molar-refractivity contribution is -0.141. The maximum atomic E-state index is 12.4. The Balaban J connectivity index is 2.48. The van der Waals surface area contributed by atoms with Crippen LogP contribution in [-0.4, -0.2) is 18.2 Å². The number of halogens is 3. The number of H-pyrrole nitrogens is 1. The van der Waals surface area contributed by atoms with Gasteiger partial charge in [-0.25, -0.2) is 18.2 Å². The van der Waals surface area contributed by atoms with Gasteiger partial charge in [0.2, 0.25) is 10.0 Å². The van der Waals surface area contributed by atoms with Crippen molar-refractivity contribution in [2.75, 3.05) is 0 Å². The van der Waals surface area contributed by atoms with Gasteiger partial charge in [-0.3, -0.25) is 9.89 Å². The lowest BCUT2D eigenvalue weighted by Crippen LogP contribution is -2.15. The number of nitrogens with zero attached hydrogens (tertiary/aromatic N) is 1.